The Kier molecular flexibility index (Phi) is 5.21. The van der Waals surface area contributed by atoms with E-state index >= 15 is 0 Å². The van der Waals surface area contributed by atoms with Crippen molar-refractivity contribution in [1.82, 2.24) is 10.2 Å². The predicted molar refractivity (Wildman–Crippen MR) is 77.6 cm³/mol. The first-order valence-corrected chi connectivity index (χ1v) is 7.26. The number of likely N-dealkylation sites (tertiary alicyclic amines) is 1. The van der Waals surface area contributed by atoms with Crippen molar-refractivity contribution >= 4 is 0 Å². The van der Waals surface area contributed by atoms with Crippen molar-refractivity contribution in [1.29, 1.82) is 0 Å². The van der Waals surface area contributed by atoms with Crippen molar-refractivity contribution in [3.05, 3.63) is 35.9 Å². The van der Waals surface area contributed by atoms with Crippen LogP contribution in [0.5, 0.6) is 0 Å². The van der Waals surface area contributed by atoms with Gasteiger partial charge in [0.15, 0.2) is 0 Å². The molecule has 1 aromatic rings. The van der Waals surface area contributed by atoms with Crippen LogP contribution in [0.2, 0.25) is 0 Å². The highest BCUT2D eigenvalue weighted by Gasteiger charge is 2.23. The van der Waals surface area contributed by atoms with E-state index in [0.717, 1.165) is 19.0 Å². The number of rotatable bonds is 6. The minimum Gasteiger partial charge on any atom is -0.311 e. The lowest BCUT2D eigenvalue weighted by molar-refractivity contribution is 0.186. The molecule has 0 aromatic heterocycles. The second kappa shape index (κ2) is 6.91. The van der Waals surface area contributed by atoms with Gasteiger partial charge in [0.1, 0.15) is 0 Å². The topological polar surface area (TPSA) is 15.3 Å². The molecule has 0 unspecified atom stereocenters. The molecule has 0 amide bonds. The SMILES string of the molecule is CC(C)[C@H](CNCc1ccccc1)N1CCCC1. The van der Waals surface area contributed by atoms with Gasteiger partial charge < -0.3 is 5.32 Å². The molecule has 1 N–H and O–H groups in total. The molecule has 1 aliphatic heterocycles. The van der Waals surface area contributed by atoms with Crippen LogP contribution in [0, 0.1) is 5.92 Å². The highest BCUT2D eigenvalue weighted by atomic mass is 15.2. The van der Waals surface area contributed by atoms with Crippen molar-refractivity contribution in [3.63, 3.8) is 0 Å². The van der Waals surface area contributed by atoms with Crippen LogP contribution in [0.3, 0.4) is 0 Å². The van der Waals surface area contributed by atoms with Crippen LogP contribution in [0.4, 0.5) is 0 Å². The highest BCUT2D eigenvalue weighted by Crippen LogP contribution is 2.17. The Hall–Kier alpha value is -0.860. The summed E-state index contributed by atoms with van der Waals surface area (Å²) in [6, 6.07) is 11.4. The van der Waals surface area contributed by atoms with Gasteiger partial charge in [-0.2, -0.15) is 0 Å². The molecule has 2 rings (SSSR count). The summed E-state index contributed by atoms with van der Waals surface area (Å²) >= 11 is 0. The Morgan fingerprint density at radius 3 is 2.39 bits per heavy atom. The van der Waals surface area contributed by atoms with Gasteiger partial charge in [-0.25, -0.2) is 0 Å². The number of nitrogens with zero attached hydrogens (tertiary/aromatic N) is 1. The molecule has 18 heavy (non-hydrogen) atoms. The zero-order valence-electron chi connectivity index (χ0n) is 11.7. The summed E-state index contributed by atoms with van der Waals surface area (Å²) in [5.41, 5.74) is 1.38. The lowest BCUT2D eigenvalue weighted by Gasteiger charge is -2.31. The summed E-state index contributed by atoms with van der Waals surface area (Å²) in [6.07, 6.45) is 2.75. The van der Waals surface area contributed by atoms with Gasteiger partial charge in [-0.05, 0) is 37.4 Å². The second-order valence-electron chi connectivity index (χ2n) is 5.67. The smallest absolute Gasteiger partial charge is 0.0243 e. The third kappa shape index (κ3) is 3.82. The Morgan fingerprint density at radius 2 is 1.78 bits per heavy atom. The lowest BCUT2D eigenvalue weighted by Crippen LogP contribution is -2.44. The van der Waals surface area contributed by atoms with E-state index < -0.39 is 0 Å². The predicted octanol–water partition coefficient (Wildman–Crippen LogP) is 2.90. The molecule has 1 aliphatic rings. The number of benzene rings is 1. The van der Waals surface area contributed by atoms with Crippen molar-refractivity contribution in [2.45, 2.75) is 39.3 Å². The van der Waals surface area contributed by atoms with Gasteiger partial charge in [-0.3, -0.25) is 4.90 Å². The molecular weight excluding hydrogens is 220 g/mol. The molecule has 0 spiro atoms. The maximum atomic E-state index is 3.62. The van der Waals surface area contributed by atoms with Crippen LogP contribution in [0.1, 0.15) is 32.3 Å². The van der Waals surface area contributed by atoms with E-state index in [-0.39, 0.29) is 0 Å². The lowest BCUT2D eigenvalue weighted by atomic mass is 10.0. The van der Waals surface area contributed by atoms with E-state index in [1.54, 1.807) is 0 Å². The van der Waals surface area contributed by atoms with Gasteiger partial charge >= 0.3 is 0 Å². The molecule has 100 valence electrons. The summed E-state index contributed by atoms with van der Waals surface area (Å²) in [6.45, 7) is 9.34. The quantitative estimate of drug-likeness (QED) is 0.830. The molecule has 1 atom stereocenters. The van der Waals surface area contributed by atoms with E-state index in [1.165, 1.54) is 31.5 Å². The zero-order chi connectivity index (χ0) is 12.8. The van der Waals surface area contributed by atoms with Gasteiger partial charge in [0.2, 0.25) is 0 Å². The first-order valence-electron chi connectivity index (χ1n) is 7.26. The van der Waals surface area contributed by atoms with Gasteiger partial charge in [-0.15, -0.1) is 0 Å². The Morgan fingerprint density at radius 1 is 1.11 bits per heavy atom. The normalized spacial score (nSPS) is 18.4. The fraction of sp³-hybridized carbons (Fsp3) is 0.625. The zero-order valence-corrected chi connectivity index (χ0v) is 11.7. The fourth-order valence-electron chi connectivity index (χ4n) is 2.82. The van der Waals surface area contributed by atoms with Crippen LogP contribution < -0.4 is 5.32 Å². The van der Waals surface area contributed by atoms with Crippen LogP contribution >= 0.6 is 0 Å². The maximum absolute atomic E-state index is 3.62. The van der Waals surface area contributed by atoms with Crippen LogP contribution in [0.15, 0.2) is 30.3 Å². The van der Waals surface area contributed by atoms with Crippen molar-refractivity contribution < 1.29 is 0 Å². The van der Waals surface area contributed by atoms with Crippen LogP contribution in [-0.2, 0) is 6.54 Å². The average Bonchev–Trinajstić information content (AvgIpc) is 2.89. The van der Waals surface area contributed by atoms with E-state index in [2.05, 4.69) is 54.4 Å². The molecular formula is C16H26N2. The van der Waals surface area contributed by atoms with Gasteiger partial charge in [0.25, 0.3) is 0 Å². The number of nitrogens with one attached hydrogen (secondary N) is 1. The second-order valence-corrected chi connectivity index (χ2v) is 5.67. The van der Waals surface area contributed by atoms with E-state index in [1.807, 2.05) is 0 Å². The summed E-state index contributed by atoms with van der Waals surface area (Å²) in [5, 5.41) is 3.62. The van der Waals surface area contributed by atoms with Crippen molar-refractivity contribution in [2.24, 2.45) is 5.92 Å². The van der Waals surface area contributed by atoms with Gasteiger partial charge in [0, 0.05) is 19.1 Å². The molecule has 1 saturated heterocycles. The molecule has 0 bridgehead atoms. The third-order valence-electron chi connectivity index (χ3n) is 3.90. The van der Waals surface area contributed by atoms with Crippen LogP contribution in [-0.4, -0.2) is 30.6 Å². The molecule has 2 heteroatoms. The van der Waals surface area contributed by atoms with Crippen molar-refractivity contribution in [3.8, 4) is 0 Å². The molecule has 0 radical (unpaired) electrons. The Balaban J connectivity index is 1.79. The largest absolute Gasteiger partial charge is 0.311 e. The van der Waals surface area contributed by atoms with Gasteiger partial charge in [0.05, 0.1) is 0 Å². The maximum Gasteiger partial charge on any atom is 0.0243 e. The summed E-state index contributed by atoms with van der Waals surface area (Å²) < 4.78 is 0. The number of hydrogen-bond donors (Lipinski definition) is 1. The summed E-state index contributed by atoms with van der Waals surface area (Å²) in [4.78, 5) is 2.66. The molecule has 1 fully saturated rings. The molecule has 1 aromatic carbocycles. The monoisotopic (exact) mass is 246 g/mol. The standard InChI is InChI=1S/C16H26N2/c1-14(2)16(18-10-6-7-11-18)13-17-12-15-8-4-3-5-9-15/h3-5,8-9,14,16-17H,6-7,10-13H2,1-2H3/t16-/m0/s1. The summed E-state index contributed by atoms with van der Waals surface area (Å²) in [5.74, 6) is 0.728. The minimum atomic E-state index is 0.691. The first-order chi connectivity index (χ1) is 8.77. The molecule has 2 nitrogen and oxygen atoms in total. The van der Waals surface area contributed by atoms with E-state index in [9.17, 15) is 0 Å². The van der Waals surface area contributed by atoms with Crippen LogP contribution in [0.25, 0.3) is 0 Å². The Labute approximate surface area is 111 Å². The highest BCUT2D eigenvalue weighted by molar-refractivity contribution is 5.14. The van der Waals surface area contributed by atoms with Crippen molar-refractivity contribution in [2.75, 3.05) is 19.6 Å². The number of hydrogen-bond acceptors (Lipinski definition) is 2. The van der Waals surface area contributed by atoms with Gasteiger partial charge in [-0.1, -0.05) is 44.2 Å². The first kappa shape index (κ1) is 13.6. The van der Waals surface area contributed by atoms with E-state index in [0.29, 0.717) is 6.04 Å². The summed E-state index contributed by atoms with van der Waals surface area (Å²) in [7, 11) is 0. The third-order valence-corrected chi connectivity index (χ3v) is 3.90. The minimum absolute atomic E-state index is 0.691. The molecule has 0 saturated carbocycles. The molecule has 0 aliphatic carbocycles. The fourth-order valence-corrected chi connectivity index (χ4v) is 2.82. The average molecular weight is 246 g/mol. The van der Waals surface area contributed by atoms with E-state index in [4.69, 9.17) is 0 Å². The molecule has 1 heterocycles. The Bertz CT molecular complexity index is 328.